The number of hydrogen-bond acceptors (Lipinski definition) is 4. The molecule has 4 aromatic carbocycles. The van der Waals surface area contributed by atoms with Crippen LogP contribution in [-0.4, -0.2) is 32.3 Å². The highest BCUT2D eigenvalue weighted by atomic mass is 32.2. The second kappa shape index (κ2) is 10.7. The fourth-order valence-electron chi connectivity index (χ4n) is 4.90. The smallest absolute Gasteiger partial charge is 0.261 e. The average molecular weight is 514 g/mol. The van der Waals surface area contributed by atoms with E-state index in [0.29, 0.717) is 11.4 Å². The van der Waals surface area contributed by atoms with Gasteiger partial charge in [-0.3, -0.25) is 14.4 Å². The third kappa shape index (κ3) is 6.01. The van der Waals surface area contributed by atoms with Gasteiger partial charge < -0.3 is 5.32 Å². The lowest BCUT2D eigenvalue weighted by atomic mass is 9.95. The van der Waals surface area contributed by atoms with Gasteiger partial charge in [-0.15, -0.1) is 0 Å². The molecule has 2 N–H and O–H groups in total. The average Bonchev–Trinajstić information content (AvgIpc) is 2.89. The number of nitrogens with zero attached hydrogens (tertiary/aromatic N) is 1. The zero-order chi connectivity index (χ0) is 25.8. The van der Waals surface area contributed by atoms with E-state index in [4.69, 9.17) is 0 Å². The molecule has 0 radical (unpaired) electrons. The summed E-state index contributed by atoms with van der Waals surface area (Å²) in [5, 5.41) is 4.76. The second-order valence-electron chi connectivity index (χ2n) is 9.69. The Morgan fingerprint density at radius 3 is 2.35 bits per heavy atom. The van der Waals surface area contributed by atoms with Gasteiger partial charge in [0.25, 0.3) is 10.0 Å². The van der Waals surface area contributed by atoms with Crippen LogP contribution in [0, 0.1) is 12.8 Å². The molecule has 0 aliphatic carbocycles. The standard InChI is InChI=1S/C30H31N3O3S/c1-22-6-4-7-23(20-22)21-33-18-16-25(17-19-33)30(34)31-26-12-14-27(15-13-26)37(35,36)32-29-11-5-9-24-8-2-3-10-28(24)29/h2-15,20,25,32H,16-19,21H2,1H3,(H,31,34). The van der Waals surface area contributed by atoms with Crippen molar-refractivity contribution in [2.24, 2.45) is 5.92 Å². The number of amides is 1. The molecule has 0 bridgehead atoms. The van der Waals surface area contributed by atoms with Crippen LogP contribution in [0.3, 0.4) is 0 Å². The third-order valence-corrected chi connectivity index (χ3v) is 8.29. The number of carbonyl (C=O) groups excluding carboxylic acids is 1. The van der Waals surface area contributed by atoms with Gasteiger partial charge in [0, 0.05) is 23.5 Å². The maximum absolute atomic E-state index is 13.0. The van der Waals surface area contributed by atoms with Crippen molar-refractivity contribution in [3.05, 3.63) is 102 Å². The van der Waals surface area contributed by atoms with Gasteiger partial charge in [-0.2, -0.15) is 0 Å². The third-order valence-electron chi connectivity index (χ3n) is 6.91. The highest BCUT2D eigenvalue weighted by molar-refractivity contribution is 7.92. The molecule has 0 atom stereocenters. The topological polar surface area (TPSA) is 78.5 Å². The van der Waals surface area contributed by atoms with Gasteiger partial charge in [-0.05, 0) is 74.1 Å². The largest absolute Gasteiger partial charge is 0.326 e. The molecule has 4 aromatic rings. The summed E-state index contributed by atoms with van der Waals surface area (Å²) in [6.45, 7) is 4.76. The van der Waals surface area contributed by atoms with E-state index in [9.17, 15) is 13.2 Å². The molecule has 1 aliphatic rings. The van der Waals surface area contributed by atoms with E-state index in [2.05, 4.69) is 46.1 Å². The van der Waals surface area contributed by atoms with Crippen LogP contribution >= 0.6 is 0 Å². The molecule has 6 nitrogen and oxygen atoms in total. The van der Waals surface area contributed by atoms with Crippen molar-refractivity contribution in [3.8, 4) is 0 Å². The molecule has 5 rings (SSSR count). The van der Waals surface area contributed by atoms with Crippen LogP contribution in [0.4, 0.5) is 11.4 Å². The van der Waals surface area contributed by atoms with E-state index in [1.54, 1.807) is 18.2 Å². The van der Waals surface area contributed by atoms with Crippen LogP contribution in [0.1, 0.15) is 24.0 Å². The van der Waals surface area contributed by atoms with E-state index < -0.39 is 10.0 Å². The summed E-state index contributed by atoms with van der Waals surface area (Å²) in [7, 11) is -3.77. The van der Waals surface area contributed by atoms with Gasteiger partial charge in [-0.1, -0.05) is 66.2 Å². The maximum Gasteiger partial charge on any atom is 0.261 e. The van der Waals surface area contributed by atoms with Crippen molar-refractivity contribution < 1.29 is 13.2 Å². The summed E-state index contributed by atoms with van der Waals surface area (Å²) < 4.78 is 28.7. The van der Waals surface area contributed by atoms with Crippen molar-refractivity contribution in [1.29, 1.82) is 0 Å². The number of aryl methyl sites for hydroxylation is 1. The number of anilines is 2. The fraction of sp³-hybridized carbons (Fsp3) is 0.233. The molecule has 1 saturated heterocycles. The number of likely N-dealkylation sites (tertiary alicyclic amines) is 1. The van der Waals surface area contributed by atoms with E-state index in [1.807, 2.05) is 36.4 Å². The molecule has 0 unspecified atom stereocenters. The Morgan fingerprint density at radius 1 is 0.892 bits per heavy atom. The summed E-state index contributed by atoms with van der Waals surface area (Å²) >= 11 is 0. The molecule has 7 heteroatoms. The van der Waals surface area contributed by atoms with Crippen LogP contribution < -0.4 is 10.0 Å². The zero-order valence-electron chi connectivity index (χ0n) is 20.9. The first-order valence-corrected chi connectivity index (χ1v) is 14.1. The molecule has 0 spiro atoms. The number of nitrogens with one attached hydrogen (secondary N) is 2. The van der Waals surface area contributed by atoms with E-state index in [1.165, 1.54) is 23.3 Å². The molecular weight excluding hydrogens is 482 g/mol. The lowest BCUT2D eigenvalue weighted by molar-refractivity contribution is -0.121. The summed E-state index contributed by atoms with van der Waals surface area (Å²) in [6, 6.07) is 28.0. The van der Waals surface area contributed by atoms with Crippen LogP contribution in [0.25, 0.3) is 10.8 Å². The molecule has 1 aliphatic heterocycles. The molecule has 0 aromatic heterocycles. The van der Waals surface area contributed by atoms with Crippen molar-refractivity contribution in [1.82, 2.24) is 4.90 Å². The predicted molar refractivity (Wildman–Crippen MR) is 149 cm³/mol. The molecule has 1 heterocycles. The number of benzene rings is 4. The summed E-state index contributed by atoms with van der Waals surface area (Å²) in [4.78, 5) is 15.4. The Bertz CT molecular complexity index is 1500. The van der Waals surface area contributed by atoms with E-state index >= 15 is 0 Å². The SMILES string of the molecule is Cc1cccc(CN2CCC(C(=O)Nc3ccc(S(=O)(=O)Nc4cccc5ccccc45)cc3)CC2)c1. The Hall–Kier alpha value is -3.68. The highest BCUT2D eigenvalue weighted by Crippen LogP contribution is 2.26. The van der Waals surface area contributed by atoms with Crippen LogP contribution in [0.2, 0.25) is 0 Å². The maximum atomic E-state index is 13.0. The van der Waals surface area contributed by atoms with Gasteiger partial charge in [0.1, 0.15) is 0 Å². The lowest BCUT2D eigenvalue weighted by Gasteiger charge is -2.31. The minimum Gasteiger partial charge on any atom is -0.326 e. The minimum absolute atomic E-state index is 0.0142. The zero-order valence-corrected chi connectivity index (χ0v) is 21.7. The van der Waals surface area contributed by atoms with Gasteiger partial charge >= 0.3 is 0 Å². The van der Waals surface area contributed by atoms with Gasteiger partial charge in [0.2, 0.25) is 5.91 Å². The number of carbonyl (C=O) groups is 1. The Labute approximate surface area is 218 Å². The predicted octanol–water partition coefficient (Wildman–Crippen LogP) is 5.80. The van der Waals surface area contributed by atoms with Crippen molar-refractivity contribution in [2.75, 3.05) is 23.1 Å². The molecule has 0 saturated carbocycles. The second-order valence-corrected chi connectivity index (χ2v) is 11.4. The van der Waals surface area contributed by atoms with E-state index in [-0.39, 0.29) is 16.7 Å². The van der Waals surface area contributed by atoms with Gasteiger partial charge in [0.05, 0.1) is 10.6 Å². The first-order valence-electron chi connectivity index (χ1n) is 12.6. The first kappa shape index (κ1) is 25.0. The molecule has 37 heavy (non-hydrogen) atoms. The quantitative estimate of drug-likeness (QED) is 0.327. The van der Waals surface area contributed by atoms with Crippen LogP contribution in [0.5, 0.6) is 0 Å². The number of sulfonamides is 1. The summed E-state index contributed by atoms with van der Waals surface area (Å²) in [5.41, 5.74) is 3.68. The molecular formula is C30H31N3O3S. The first-order chi connectivity index (χ1) is 17.9. The Morgan fingerprint density at radius 2 is 1.59 bits per heavy atom. The number of piperidine rings is 1. The minimum atomic E-state index is -3.77. The highest BCUT2D eigenvalue weighted by Gasteiger charge is 2.25. The van der Waals surface area contributed by atoms with Crippen LogP contribution in [-0.2, 0) is 21.4 Å². The number of hydrogen-bond donors (Lipinski definition) is 2. The van der Waals surface area contributed by atoms with Crippen LogP contribution in [0.15, 0.2) is 95.9 Å². The molecule has 1 amide bonds. The Balaban J connectivity index is 1.17. The molecule has 1 fully saturated rings. The fourth-order valence-corrected chi connectivity index (χ4v) is 5.98. The lowest BCUT2D eigenvalue weighted by Crippen LogP contribution is -2.37. The number of fused-ring (bicyclic) bond motifs is 1. The van der Waals surface area contributed by atoms with Gasteiger partial charge in [0.15, 0.2) is 0 Å². The van der Waals surface area contributed by atoms with E-state index in [0.717, 1.165) is 43.2 Å². The summed E-state index contributed by atoms with van der Waals surface area (Å²) in [5.74, 6) is -0.0649. The van der Waals surface area contributed by atoms with Crippen molar-refractivity contribution in [2.45, 2.75) is 31.2 Å². The van der Waals surface area contributed by atoms with Crippen molar-refractivity contribution >= 4 is 38.1 Å². The molecule has 190 valence electrons. The number of rotatable bonds is 7. The van der Waals surface area contributed by atoms with Gasteiger partial charge in [-0.25, -0.2) is 8.42 Å². The Kier molecular flexibility index (Phi) is 7.26. The normalized spacial score (nSPS) is 14.9. The summed E-state index contributed by atoms with van der Waals surface area (Å²) in [6.07, 6.45) is 1.61. The monoisotopic (exact) mass is 513 g/mol. The van der Waals surface area contributed by atoms with Crippen molar-refractivity contribution in [3.63, 3.8) is 0 Å².